The van der Waals surface area contributed by atoms with Crippen LogP contribution in [0.3, 0.4) is 0 Å². The fourth-order valence-corrected chi connectivity index (χ4v) is 5.45. The van der Waals surface area contributed by atoms with Gasteiger partial charge in [0.15, 0.2) is 12.0 Å². The number of amides is 1. The Balaban J connectivity index is 1.94. The number of nitrogens with zero attached hydrogens (tertiary/aromatic N) is 1. The third-order valence-corrected chi connectivity index (χ3v) is 7.33. The summed E-state index contributed by atoms with van der Waals surface area (Å²) in [6, 6.07) is 11.0. The molecule has 0 fully saturated rings. The summed E-state index contributed by atoms with van der Waals surface area (Å²) >= 11 is 2.63. The van der Waals surface area contributed by atoms with Crippen LogP contribution in [0.25, 0.3) is 21.9 Å². The molecule has 0 saturated heterocycles. The molecule has 4 rings (SSSR count). The number of likely N-dealkylation sites (N-methyl/N-ethyl adjacent to an activating group) is 1. The molecule has 0 bridgehead atoms. The molecule has 3 aromatic carbocycles. The van der Waals surface area contributed by atoms with Crippen LogP contribution in [0.15, 0.2) is 46.2 Å². The molecule has 1 amide bonds. The summed E-state index contributed by atoms with van der Waals surface area (Å²) in [5, 5.41) is 28.7. The zero-order valence-electron chi connectivity index (χ0n) is 19.6. The maximum absolute atomic E-state index is 13.3. The lowest BCUT2D eigenvalue weighted by Crippen LogP contribution is -2.29. The zero-order valence-corrected chi connectivity index (χ0v) is 21.2. The predicted octanol–water partition coefficient (Wildman–Crippen LogP) is 2.67. The number of aldehydes is 1. The van der Waals surface area contributed by atoms with Crippen LogP contribution in [0.4, 0.5) is 0 Å². The van der Waals surface area contributed by atoms with Crippen molar-refractivity contribution in [3.63, 3.8) is 0 Å². The topological polar surface area (TPSA) is 131 Å². The third-order valence-electron chi connectivity index (χ3n) is 5.62. The van der Waals surface area contributed by atoms with Crippen molar-refractivity contribution < 1.29 is 29.6 Å². The Hall–Kier alpha value is -2.64. The molecule has 1 aliphatic rings. The van der Waals surface area contributed by atoms with Crippen LogP contribution in [0.2, 0.25) is 0 Å². The van der Waals surface area contributed by atoms with Crippen molar-refractivity contribution >= 4 is 46.9 Å². The number of hydrogen-bond acceptors (Lipinski definition) is 10. The molecular formula is C25H27N3O6S2. The van der Waals surface area contributed by atoms with Crippen molar-refractivity contribution in [1.82, 2.24) is 14.3 Å². The Morgan fingerprint density at radius 3 is 2.42 bits per heavy atom. The molecule has 1 aliphatic heterocycles. The summed E-state index contributed by atoms with van der Waals surface area (Å²) < 4.78 is 12.5. The summed E-state index contributed by atoms with van der Waals surface area (Å²) in [5.41, 5.74) is 2.32. The number of carbonyl (C=O) groups is 2. The van der Waals surface area contributed by atoms with Gasteiger partial charge in [-0.1, -0.05) is 6.07 Å². The maximum Gasteiger partial charge on any atom is 0.254 e. The zero-order chi connectivity index (χ0) is 25.7. The summed E-state index contributed by atoms with van der Waals surface area (Å²) in [6.07, 6.45) is 0.725. The number of fused-ring (bicyclic) bond motifs is 2. The third kappa shape index (κ3) is 5.23. The normalized spacial score (nSPS) is 11.8. The van der Waals surface area contributed by atoms with Crippen molar-refractivity contribution in [3.8, 4) is 22.6 Å². The molecule has 5 N–H and O–H groups in total. The van der Waals surface area contributed by atoms with Gasteiger partial charge in [-0.05, 0) is 59.8 Å². The molecule has 0 aliphatic carbocycles. The van der Waals surface area contributed by atoms with Gasteiger partial charge in [-0.15, -0.1) is 0 Å². The first-order valence-corrected chi connectivity index (χ1v) is 13.0. The highest BCUT2D eigenvalue weighted by molar-refractivity contribution is 7.97. The number of aliphatic hydroxyl groups is 3. The molecule has 11 heteroatoms. The monoisotopic (exact) mass is 529 g/mol. The van der Waals surface area contributed by atoms with Gasteiger partial charge in [0.25, 0.3) is 5.91 Å². The standard InChI is InChI=1S/C25H27N3O6S2/c1-28(8-11-31)25(33)18-4-3-17-19-13-16(35-26-6-9-29)2-5-20(19)34-24-21(36-27-7-10-30)12-15(14-32)22(18)23(17)24/h2-5,12-14,26-27,29-31H,6-11H2,1H3. The minimum absolute atomic E-state index is 0.0223. The number of aliphatic hydroxyl groups excluding tert-OH is 3. The van der Waals surface area contributed by atoms with Crippen molar-refractivity contribution in [2.24, 2.45) is 0 Å². The van der Waals surface area contributed by atoms with Crippen LogP contribution in [0.1, 0.15) is 20.7 Å². The van der Waals surface area contributed by atoms with Crippen LogP contribution in [-0.4, -0.2) is 78.9 Å². The highest BCUT2D eigenvalue weighted by atomic mass is 32.2. The molecule has 3 aromatic rings. The van der Waals surface area contributed by atoms with E-state index in [1.54, 1.807) is 19.2 Å². The van der Waals surface area contributed by atoms with Gasteiger partial charge in [0, 0.05) is 59.0 Å². The van der Waals surface area contributed by atoms with Crippen molar-refractivity contribution in [1.29, 1.82) is 0 Å². The minimum Gasteiger partial charge on any atom is -0.455 e. The Bertz CT molecular complexity index is 1290. The van der Waals surface area contributed by atoms with Crippen LogP contribution >= 0.6 is 23.9 Å². The number of ether oxygens (including phenoxy) is 1. The number of carbonyl (C=O) groups excluding carboxylic acids is 2. The van der Waals surface area contributed by atoms with Crippen LogP contribution < -0.4 is 14.2 Å². The Labute approximate surface area is 217 Å². The Morgan fingerprint density at radius 2 is 1.72 bits per heavy atom. The first-order chi connectivity index (χ1) is 17.5. The maximum atomic E-state index is 13.3. The van der Waals surface area contributed by atoms with E-state index in [2.05, 4.69) is 9.44 Å². The van der Waals surface area contributed by atoms with E-state index in [1.807, 2.05) is 24.3 Å². The number of hydrogen-bond donors (Lipinski definition) is 5. The fourth-order valence-electron chi connectivity index (χ4n) is 4.01. The van der Waals surface area contributed by atoms with Gasteiger partial charge in [-0.2, -0.15) is 0 Å². The van der Waals surface area contributed by atoms with E-state index in [9.17, 15) is 19.8 Å². The summed E-state index contributed by atoms with van der Waals surface area (Å²) in [4.78, 5) is 28.5. The lowest BCUT2D eigenvalue weighted by atomic mass is 9.89. The van der Waals surface area contributed by atoms with E-state index < -0.39 is 0 Å². The smallest absolute Gasteiger partial charge is 0.254 e. The molecule has 0 atom stereocenters. The van der Waals surface area contributed by atoms with E-state index >= 15 is 0 Å². The summed E-state index contributed by atoms with van der Waals surface area (Å²) in [7, 11) is 1.60. The predicted molar refractivity (Wildman–Crippen MR) is 141 cm³/mol. The highest BCUT2D eigenvalue weighted by Gasteiger charge is 2.28. The lowest BCUT2D eigenvalue weighted by Gasteiger charge is -2.26. The SMILES string of the molecule is CN(CCO)C(=O)c1ccc2c3c(c(SNCCO)cc(C=O)c13)Oc1ccc(SNCCO)cc1-2. The van der Waals surface area contributed by atoms with Gasteiger partial charge in [0.05, 0.1) is 24.7 Å². The van der Waals surface area contributed by atoms with E-state index in [1.165, 1.54) is 28.8 Å². The molecule has 0 radical (unpaired) electrons. The first kappa shape index (κ1) is 26.4. The van der Waals surface area contributed by atoms with E-state index in [-0.39, 0.29) is 32.3 Å². The molecule has 9 nitrogen and oxygen atoms in total. The van der Waals surface area contributed by atoms with Gasteiger partial charge < -0.3 is 25.0 Å². The molecular weight excluding hydrogens is 502 g/mol. The number of nitrogens with one attached hydrogen (secondary N) is 2. The van der Waals surface area contributed by atoms with Gasteiger partial charge in [0.2, 0.25) is 0 Å². The van der Waals surface area contributed by atoms with Crippen LogP contribution in [-0.2, 0) is 0 Å². The van der Waals surface area contributed by atoms with Crippen molar-refractivity contribution in [2.45, 2.75) is 9.79 Å². The Morgan fingerprint density at radius 1 is 0.972 bits per heavy atom. The lowest BCUT2D eigenvalue weighted by molar-refractivity contribution is 0.0769. The second kappa shape index (κ2) is 12.1. The molecule has 36 heavy (non-hydrogen) atoms. The van der Waals surface area contributed by atoms with Crippen LogP contribution in [0.5, 0.6) is 11.5 Å². The van der Waals surface area contributed by atoms with E-state index in [4.69, 9.17) is 9.84 Å². The first-order valence-electron chi connectivity index (χ1n) is 11.3. The van der Waals surface area contributed by atoms with Crippen LogP contribution in [0, 0.1) is 0 Å². The molecule has 0 saturated carbocycles. The molecule has 1 heterocycles. The number of benzene rings is 3. The molecule has 190 valence electrons. The second-order valence-electron chi connectivity index (χ2n) is 7.97. The van der Waals surface area contributed by atoms with Crippen molar-refractivity contribution in [3.05, 3.63) is 47.5 Å². The van der Waals surface area contributed by atoms with Crippen molar-refractivity contribution in [2.75, 3.05) is 46.5 Å². The van der Waals surface area contributed by atoms with E-state index in [0.29, 0.717) is 51.4 Å². The molecule has 0 spiro atoms. The quantitative estimate of drug-likeness (QED) is 0.106. The average Bonchev–Trinajstić information content (AvgIpc) is 2.89. The summed E-state index contributed by atoms with van der Waals surface area (Å²) in [5.74, 6) is 0.841. The average molecular weight is 530 g/mol. The van der Waals surface area contributed by atoms with Gasteiger partial charge in [0.1, 0.15) is 5.75 Å². The van der Waals surface area contributed by atoms with Gasteiger partial charge in [-0.25, -0.2) is 0 Å². The highest BCUT2D eigenvalue weighted by Crippen LogP contribution is 2.52. The fraction of sp³-hybridized carbons (Fsp3) is 0.280. The molecule has 0 aromatic heterocycles. The summed E-state index contributed by atoms with van der Waals surface area (Å²) in [6.45, 7) is 0.732. The largest absolute Gasteiger partial charge is 0.455 e. The van der Waals surface area contributed by atoms with E-state index in [0.717, 1.165) is 22.3 Å². The van der Waals surface area contributed by atoms with Gasteiger partial charge in [-0.3, -0.25) is 19.0 Å². The van der Waals surface area contributed by atoms with Gasteiger partial charge >= 0.3 is 0 Å². The molecule has 0 unspecified atom stereocenters. The second-order valence-corrected chi connectivity index (χ2v) is 9.87. The Kier molecular flexibility index (Phi) is 8.86. The number of rotatable bonds is 12. The minimum atomic E-state index is -0.313.